The molecule has 0 aromatic heterocycles. The van der Waals surface area contributed by atoms with Gasteiger partial charge < -0.3 is 4.74 Å². The maximum atomic E-state index is 11.0. The molecule has 84 valence electrons. The first-order chi connectivity index (χ1) is 6.96. The fourth-order valence-corrected chi connectivity index (χ4v) is 3.56. The Hall–Kier alpha value is -0.790. The Balaban J connectivity index is 2.19. The molecule has 0 aromatic carbocycles. The molecule has 2 saturated carbocycles. The molecule has 2 heteroatoms. The number of rotatable bonds is 1. The van der Waals surface area contributed by atoms with Crippen molar-refractivity contribution in [1.29, 1.82) is 0 Å². The largest absolute Gasteiger partial charge is 0.462 e. The van der Waals surface area contributed by atoms with Crippen molar-refractivity contribution >= 4 is 5.97 Å². The molecular formula is C13H20O2. The van der Waals surface area contributed by atoms with E-state index in [9.17, 15) is 4.79 Å². The molecule has 0 unspecified atom stereocenters. The molecule has 0 aliphatic heterocycles. The van der Waals surface area contributed by atoms with Crippen LogP contribution in [-0.2, 0) is 9.53 Å². The molecule has 0 spiro atoms. The maximum absolute atomic E-state index is 11.0. The van der Waals surface area contributed by atoms with Crippen molar-refractivity contribution in [2.24, 2.45) is 17.3 Å². The van der Waals surface area contributed by atoms with E-state index in [0.717, 1.165) is 6.42 Å². The third-order valence-corrected chi connectivity index (χ3v) is 4.30. The first kappa shape index (κ1) is 10.7. The molecule has 2 bridgehead atoms. The molecule has 15 heavy (non-hydrogen) atoms. The molecule has 2 aliphatic carbocycles. The summed E-state index contributed by atoms with van der Waals surface area (Å²) in [5.41, 5.74) is 1.81. The van der Waals surface area contributed by atoms with E-state index in [4.69, 9.17) is 4.74 Å². The molecule has 2 fully saturated rings. The van der Waals surface area contributed by atoms with Crippen molar-refractivity contribution < 1.29 is 9.53 Å². The van der Waals surface area contributed by atoms with Crippen molar-refractivity contribution in [3.8, 4) is 0 Å². The van der Waals surface area contributed by atoms with Crippen LogP contribution in [0.2, 0.25) is 0 Å². The minimum atomic E-state index is -0.138. The van der Waals surface area contributed by atoms with E-state index in [-0.39, 0.29) is 12.1 Å². The number of ether oxygens (including phenoxy) is 1. The Morgan fingerprint density at radius 1 is 1.47 bits per heavy atom. The second kappa shape index (κ2) is 3.36. The van der Waals surface area contributed by atoms with Gasteiger partial charge in [-0.05, 0) is 31.1 Å². The summed E-state index contributed by atoms with van der Waals surface area (Å²) in [7, 11) is 0. The minimum absolute atomic E-state index is 0.138. The third kappa shape index (κ3) is 1.51. The van der Waals surface area contributed by atoms with Crippen molar-refractivity contribution in [3.63, 3.8) is 0 Å². The van der Waals surface area contributed by atoms with Crippen LogP contribution in [0, 0.1) is 17.3 Å². The Morgan fingerprint density at radius 2 is 2.13 bits per heavy atom. The summed E-state index contributed by atoms with van der Waals surface area (Å²) < 4.78 is 5.39. The van der Waals surface area contributed by atoms with Gasteiger partial charge in [0.15, 0.2) is 0 Å². The van der Waals surface area contributed by atoms with Crippen LogP contribution in [-0.4, -0.2) is 12.1 Å². The van der Waals surface area contributed by atoms with Gasteiger partial charge in [0.25, 0.3) is 0 Å². The number of hydrogen-bond acceptors (Lipinski definition) is 2. The molecule has 0 N–H and O–H groups in total. The van der Waals surface area contributed by atoms with Gasteiger partial charge in [0, 0.05) is 12.8 Å². The van der Waals surface area contributed by atoms with Gasteiger partial charge in [-0.3, -0.25) is 4.79 Å². The van der Waals surface area contributed by atoms with Gasteiger partial charge >= 0.3 is 5.97 Å². The van der Waals surface area contributed by atoms with E-state index in [2.05, 4.69) is 26.8 Å². The van der Waals surface area contributed by atoms with E-state index in [1.54, 1.807) is 0 Å². The van der Waals surface area contributed by atoms with Gasteiger partial charge in [0.05, 0.1) is 0 Å². The van der Waals surface area contributed by atoms with Crippen molar-refractivity contribution in [2.45, 2.75) is 46.6 Å². The molecular weight excluding hydrogens is 188 g/mol. The van der Waals surface area contributed by atoms with E-state index < -0.39 is 0 Å². The van der Waals surface area contributed by atoms with Crippen LogP contribution in [0.25, 0.3) is 0 Å². The summed E-state index contributed by atoms with van der Waals surface area (Å²) in [5, 5.41) is 0. The predicted molar refractivity (Wildman–Crippen MR) is 59.3 cm³/mol. The maximum Gasteiger partial charge on any atom is 0.302 e. The highest BCUT2D eigenvalue weighted by Gasteiger charge is 2.54. The number of fused-ring (bicyclic) bond motifs is 2. The fourth-order valence-electron chi connectivity index (χ4n) is 3.56. The monoisotopic (exact) mass is 208 g/mol. The summed E-state index contributed by atoms with van der Waals surface area (Å²) in [6, 6.07) is 0. The first-order valence-electron chi connectivity index (χ1n) is 5.80. The Kier molecular flexibility index (Phi) is 2.40. The molecule has 0 amide bonds. The van der Waals surface area contributed by atoms with E-state index in [1.807, 2.05) is 0 Å². The molecule has 0 radical (unpaired) electrons. The lowest BCUT2D eigenvalue weighted by molar-refractivity contribution is -0.148. The van der Waals surface area contributed by atoms with Gasteiger partial charge in [-0.1, -0.05) is 25.5 Å². The average Bonchev–Trinajstić information content (AvgIpc) is 2.58. The van der Waals surface area contributed by atoms with Crippen LogP contribution in [0.1, 0.15) is 40.5 Å². The van der Waals surface area contributed by atoms with Crippen molar-refractivity contribution in [2.75, 3.05) is 0 Å². The lowest BCUT2D eigenvalue weighted by Crippen LogP contribution is -2.32. The highest BCUT2D eigenvalue weighted by atomic mass is 16.5. The molecule has 2 rings (SSSR count). The second-order valence-corrected chi connectivity index (χ2v) is 5.39. The summed E-state index contributed by atoms with van der Waals surface area (Å²) in [6.07, 6.45) is 4.62. The van der Waals surface area contributed by atoms with Gasteiger partial charge in [0.1, 0.15) is 6.10 Å². The van der Waals surface area contributed by atoms with Gasteiger partial charge in [-0.15, -0.1) is 0 Å². The second-order valence-electron chi connectivity index (χ2n) is 5.39. The molecule has 3 atom stereocenters. The quantitative estimate of drug-likeness (QED) is 0.489. The van der Waals surface area contributed by atoms with Crippen LogP contribution in [0.3, 0.4) is 0 Å². The zero-order valence-corrected chi connectivity index (χ0v) is 10.0. The number of hydrogen-bond donors (Lipinski definition) is 0. The fraction of sp³-hybridized carbons (Fsp3) is 0.769. The summed E-state index contributed by atoms with van der Waals surface area (Å²) >= 11 is 0. The highest BCUT2D eigenvalue weighted by Crippen LogP contribution is 2.59. The lowest BCUT2D eigenvalue weighted by Gasteiger charge is -2.36. The zero-order chi connectivity index (χ0) is 11.2. The van der Waals surface area contributed by atoms with Crippen LogP contribution in [0.15, 0.2) is 11.6 Å². The van der Waals surface area contributed by atoms with Crippen LogP contribution in [0.4, 0.5) is 0 Å². The Bertz CT molecular complexity index is 314. The SMILES string of the molecule is C/C=C1/[C@@H]2C[C@@H](C[C@H]2OC(C)=O)C1(C)C. The van der Waals surface area contributed by atoms with Crippen LogP contribution >= 0.6 is 0 Å². The molecule has 0 saturated heterocycles. The normalized spacial score (nSPS) is 39.7. The molecule has 0 aromatic rings. The lowest BCUT2D eigenvalue weighted by atomic mass is 9.72. The van der Waals surface area contributed by atoms with E-state index in [1.165, 1.54) is 18.9 Å². The molecule has 2 nitrogen and oxygen atoms in total. The standard InChI is InChI=1S/C13H20O2/c1-5-11-10-6-9(13(11,3)4)7-12(10)15-8(2)14/h5,9-10,12H,6-7H2,1-4H3/b11-5-/t9-,10-,12+/m0/s1. The molecule has 2 aliphatic rings. The Morgan fingerprint density at radius 3 is 2.60 bits per heavy atom. The number of allylic oxidation sites excluding steroid dienone is 1. The average molecular weight is 208 g/mol. The van der Waals surface area contributed by atoms with Crippen molar-refractivity contribution in [3.05, 3.63) is 11.6 Å². The van der Waals surface area contributed by atoms with Gasteiger partial charge in [-0.25, -0.2) is 0 Å². The number of carbonyl (C=O) groups is 1. The molecule has 0 heterocycles. The van der Waals surface area contributed by atoms with E-state index >= 15 is 0 Å². The topological polar surface area (TPSA) is 26.3 Å². The first-order valence-corrected chi connectivity index (χ1v) is 5.80. The Labute approximate surface area is 91.7 Å². The summed E-state index contributed by atoms with van der Waals surface area (Å²) in [5.74, 6) is 1.04. The van der Waals surface area contributed by atoms with Crippen LogP contribution < -0.4 is 0 Å². The number of carbonyl (C=O) groups excluding carboxylic acids is 1. The summed E-state index contributed by atoms with van der Waals surface area (Å²) in [6.45, 7) is 8.24. The third-order valence-electron chi connectivity index (χ3n) is 4.30. The van der Waals surface area contributed by atoms with Crippen LogP contribution in [0.5, 0.6) is 0 Å². The van der Waals surface area contributed by atoms with Crippen molar-refractivity contribution in [1.82, 2.24) is 0 Å². The van der Waals surface area contributed by atoms with Gasteiger partial charge in [-0.2, -0.15) is 0 Å². The van der Waals surface area contributed by atoms with E-state index in [0.29, 0.717) is 17.3 Å². The predicted octanol–water partition coefficient (Wildman–Crippen LogP) is 2.93. The number of esters is 1. The minimum Gasteiger partial charge on any atom is -0.462 e. The van der Waals surface area contributed by atoms with Gasteiger partial charge in [0.2, 0.25) is 0 Å². The highest BCUT2D eigenvalue weighted by molar-refractivity contribution is 5.66. The summed E-state index contributed by atoms with van der Waals surface area (Å²) in [4.78, 5) is 11.0. The smallest absolute Gasteiger partial charge is 0.302 e. The zero-order valence-electron chi connectivity index (χ0n) is 10.0.